The van der Waals surface area contributed by atoms with Crippen molar-refractivity contribution in [3.63, 3.8) is 0 Å². The minimum atomic E-state index is 0.896. The molecule has 308 valence electrons. The van der Waals surface area contributed by atoms with Crippen LogP contribution in [0, 0.1) is 0 Å². The van der Waals surface area contributed by atoms with Crippen LogP contribution in [0.2, 0.25) is 0 Å². The van der Waals surface area contributed by atoms with Gasteiger partial charge in [0.15, 0.2) is 0 Å². The third kappa shape index (κ3) is 6.34. The minimum absolute atomic E-state index is 0.896. The van der Waals surface area contributed by atoms with Crippen molar-refractivity contribution in [2.24, 2.45) is 0 Å². The molecule has 0 atom stereocenters. The summed E-state index contributed by atoms with van der Waals surface area (Å²) >= 11 is 0. The van der Waals surface area contributed by atoms with Gasteiger partial charge in [0.1, 0.15) is 11.2 Å². The number of hydrogen-bond donors (Lipinski definition) is 0. The Labute approximate surface area is 382 Å². The van der Waals surface area contributed by atoms with Gasteiger partial charge < -0.3 is 9.32 Å². The highest BCUT2D eigenvalue weighted by Gasteiger charge is 2.20. The van der Waals surface area contributed by atoms with Crippen LogP contribution in [0.1, 0.15) is 0 Å². The van der Waals surface area contributed by atoms with Crippen LogP contribution < -0.4 is 4.90 Å². The lowest BCUT2D eigenvalue weighted by Crippen LogP contribution is -2.11. The molecule has 0 amide bonds. The zero-order valence-corrected chi connectivity index (χ0v) is 36.0. The molecule has 0 fully saturated rings. The van der Waals surface area contributed by atoms with Gasteiger partial charge in [0, 0.05) is 27.7 Å². The van der Waals surface area contributed by atoms with Crippen LogP contribution in [0.5, 0.6) is 0 Å². The molecule has 0 bridgehead atoms. The van der Waals surface area contributed by atoms with Gasteiger partial charge in [0.2, 0.25) is 0 Å². The third-order valence-corrected chi connectivity index (χ3v) is 13.5. The maximum absolute atomic E-state index is 6.29. The fraction of sp³-hybridized carbons (Fsp3) is 0. The quantitative estimate of drug-likeness (QED) is 0.149. The molecule has 13 aromatic rings. The van der Waals surface area contributed by atoms with Crippen molar-refractivity contribution < 1.29 is 4.42 Å². The van der Waals surface area contributed by atoms with Gasteiger partial charge in [0.25, 0.3) is 0 Å². The van der Waals surface area contributed by atoms with Crippen molar-refractivity contribution in [2.45, 2.75) is 0 Å². The van der Waals surface area contributed by atoms with E-state index in [0.717, 1.165) is 66.8 Å². The molecule has 0 unspecified atom stereocenters. The first-order valence-electron chi connectivity index (χ1n) is 22.7. The number of anilines is 3. The van der Waals surface area contributed by atoms with Gasteiger partial charge in [-0.1, -0.05) is 200 Å². The minimum Gasteiger partial charge on any atom is -0.456 e. The van der Waals surface area contributed by atoms with Crippen molar-refractivity contribution in [2.75, 3.05) is 4.90 Å². The molecule has 1 aromatic heterocycles. The van der Waals surface area contributed by atoms with Gasteiger partial charge >= 0.3 is 0 Å². The second-order valence-electron chi connectivity index (χ2n) is 17.2. The van der Waals surface area contributed by atoms with E-state index in [1.807, 2.05) is 12.1 Å². The first-order valence-corrected chi connectivity index (χ1v) is 22.7. The zero-order chi connectivity index (χ0) is 43.6. The van der Waals surface area contributed by atoms with E-state index in [1.54, 1.807) is 0 Å². The Bertz CT molecular complexity index is 3990. The fourth-order valence-corrected chi connectivity index (χ4v) is 10.3. The Hall–Kier alpha value is -8.72. The Balaban J connectivity index is 0.927. The molecule has 0 spiro atoms. The van der Waals surface area contributed by atoms with Crippen LogP contribution in [0.3, 0.4) is 0 Å². The van der Waals surface area contributed by atoms with Crippen LogP contribution in [0.4, 0.5) is 17.1 Å². The monoisotopic (exact) mass is 839 g/mol. The number of benzene rings is 12. The van der Waals surface area contributed by atoms with E-state index >= 15 is 0 Å². The lowest BCUT2D eigenvalue weighted by atomic mass is 9.93. The molecular formula is C64H41NO. The standard InChI is InChI=1S/C64H41NO/c1-3-16-52-43(12-1)30-31-48-40-49(35-38-55(48)52)56-18-5-7-23-61(56)65(50-36-32-46(33-37-50)57-21-11-25-63-64(57)60-19-6-8-24-62(60)66-63)51-15-9-14-47(41-51)42-26-28-45(29-27-42)54-20-10-22-58-53-17-4-2-13-44(53)34-39-59(54)58/h1-41H. The second-order valence-corrected chi connectivity index (χ2v) is 17.2. The topological polar surface area (TPSA) is 16.4 Å². The molecule has 0 radical (unpaired) electrons. The first-order chi connectivity index (χ1) is 32.7. The fourth-order valence-electron chi connectivity index (χ4n) is 10.3. The van der Waals surface area contributed by atoms with Crippen molar-refractivity contribution in [1.29, 1.82) is 0 Å². The predicted octanol–water partition coefficient (Wildman–Crippen LogP) is 18.3. The SMILES string of the molecule is c1cc(-c2ccc(-c3cccc4c3ccc3ccccc34)cc2)cc(N(c2ccc(-c3cccc4oc5ccccc5c34)cc2)c2ccccc2-c2ccc3c(ccc4ccccc43)c2)c1. The van der Waals surface area contributed by atoms with Gasteiger partial charge in [-0.3, -0.25) is 0 Å². The largest absolute Gasteiger partial charge is 0.456 e. The second kappa shape index (κ2) is 15.5. The van der Waals surface area contributed by atoms with Crippen molar-refractivity contribution >= 4 is 82.1 Å². The normalized spacial score (nSPS) is 11.6. The third-order valence-electron chi connectivity index (χ3n) is 13.5. The molecule has 2 nitrogen and oxygen atoms in total. The number of hydrogen-bond acceptors (Lipinski definition) is 2. The smallest absolute Gasteiger partial charge is 0.136 e. The van der Waals surface area contributed by atoms with Crippen LogP contribution in [0.15, 0.2) is 253 Å². The molecule has 66 heavy (non-hydrogen) atoms. The molecule has 12 aromatic carbocycles. The molecule has 0 aliphatic carbocycles. The summed E-state index contributed by atoms with van der Waals surface area (Å²) in [6.07, 6.45) is 0. The molecule has 0 aliphatic rings. The predicted molar refractivity (Wildman–Crippen MR) is 280 cm³/mol. The average molecular weight is 840 g/mol. The first kappa shape index (κ1) is 37.8. The van der Waals surface area contributed by atoms with E-state index in [0.29, 0.717) is 0 Å². The Morgan fingerprint density at radius 3 is 1.65 bits per heavy atom. The summed E-state index contributed by atoms with van der Waals surface area (Å²) in [5.74, 6) is 0. The highest BCUT2D eigenvalue weighted by atomic mass is 16.3. The van der Waals surface area contributed by atoms with Crippen molar-refractivity contribution in [3.8, 4) is 44.5 Å². The van der Waals surface area contributed by atoms with Crippen LogP contribution in [-0.2, 0) is 0 Å². The van der Waals surface area contributed by atoms with E-state index in [9.17, 15) is 0 Å². The highest BCUT2D eigenvalue weighted by molar-refractivity contribution is 6.14. The number of para-hydroxylation sites is 2. The van der Waals surface area contributed by atoms with Gasteiger partial charge in [-0.2, -0.15) is 0 Å². The van der Waals surface area contributed by atoms with Gasteiger partial charge in [-0.05, 0) is 131 Å². The number of furan rings is 1. The summed E-state index contributed by atoms with van der Waals surface area (Å²) in [5.41, 5.74) is 14.4. The lowest BCUT2D eigenvalue weighted by molar-refractivity contribution is 0.669. The number of nitrogens with zero attached hydrogens (tertiary/aromatic N) is 1. The summed E-state index contributed by atoms with van der Waals surface area (Å²) < 4.78 is 6.29. The summed E-state index contributed by atoms with van der Waals surface area (Å²) in [6.45, 7) is 0. The van der Waals surface area contributed by atoms with Crippen LogP contribution >= 0.6 is 0 Å². The number of rotatable bonds is 7. The Kier molecular flexibility index (Phi) is 8.89. The van der Waals surface area contributed by atoms with Gasteiger partial charge in [-0.25, -0.2) is 0 Å². The van der Waals surface area contributed by atoms with Crippen LogP contribution in [0.25, 0.3) is 110 Å². The van der Waals surface area contributed by atoms with E-state index < -0.39 is 0 Å². The Morgan fingerprint density at radius 1 is 0.258 bits per heavy atom. The lowest BCUT2D eigenvalue weighted by Gasteiger charge is -2.28. The van der Waals surface area contributed by atoms with Crippen molar-refractivity contribution in [3.05, 3.63) is 249 Å². The number of fused-ring (bicyclic) bond motifs is 9. The van der Waals surface area contributed by atoms with E-state index in [1.165, 1.54) is 59.8 Å². The molecular weight excluding hydrogens is 799 g/mol. The molecule has 1 heterocycles. The van der Waals surface area contributed by atoms with E-state index in [2.05, 4.69) is 241 Å². The molecule has 0 saturated heterocycles. The molecule has 0 saturated carbocycles. The maximum Gasteiger partial charge on any atom is 0.136 e. The maximum atomic E-state index is 6.29. The zero-order valence-electron chi connectivity index (χ0n) is 36.0. The summed E-state index contributed by atoms with van der Waals surface area (Å²) in [4.78, 5) is 2.41. The average Bonchev–Trinajstić information content (AvgIpc) is 3.78. The summed E-state index contributed by atoms with van der Waals surface area (Å²) in [7, 11) is 0. The summed E-state index contributed by atoms with van der Waals surface area (Å²) in [5, 5.41) is 12.4. The summed E-state index contributed by atoms with van der Waals surface area (Å²) in [6, 6.07) is 90.4. The molecule has 13 rings (SSSR count). The molecule has 2 heteroatoms. The van der Waals surface area contributed by atoms with E-state index in [4.69, 9.17) is 4.42 Å². The van der Waals surface area contributed by atoms with E-state index in [-0.39, 0.29) is 0 Å². The Morgan fingerprint density at radius 2 is 0.803 bits per heavy atom. The molecule has 0 aliphatic heterocycles. The van der Waals surface area contributed by atoms with Crippen LogP contribution in [-0.4, -0.2) is 0 Å². The van der Waals surface area contributed by atoms with Gasteiger partial charge in [-0.15, -0.1) is 0 Å². The van der Waals surface area contributed by atoms with Gasteiger partial charge in [0.05, 0.1) is 5.69 Å². The molecule has 0 N–H and O–H groups in total. The highest BCUT2D eigenvalue weighted by Crippen LogP contribution is 2.44. The van der Waals surface area contributed by atoms with Crippen molar-refractivity contribution in [1.82, 2.24) is 0 Å².